The van der Waals surface area contributed by atoms with Gasteiger partial charge in [0, 0.05) is 31.6 Å². The maximum atomic E-state index is 13.2. The van der Waals surface area contributed by atoms with Crippen LogP contribution in [0.15, 0.2) is 109 Å². The summed E-state index contributed by atoms with van der Waals surface area (Å²) in [6, 6.07) is 33.2. The van der Waals surface area contributed by atoms with E-state index in [-0.39, 0.29) is 0 Å². The predicted molar refractivity (Wildman–Crippen MR) is 179 cm³/mol. The van der Waals surface area contributed by atoms with Crippen molar-refractivity contribution >= 4 is 101 Å². The molecule has 0 spiro atoms. The van der Waals surface area contributed by atoms with E-state index in [2.05, 4.69) is 26.3 Å². The topological polar surface area (TPSA) is 98.1 Å². The Hall–Kier alpha value is -5.24. The van der Waals surface area contributed by atoms with Gasteiger partial charge < -0.3 is 26.3 Å². The highest BCUT2D eigenvalue weighted by Gasteiger charge is 2.17. The molecule has 1 heterocycles. The molecule has 0 aliphatic heterocycles. The number of urea groups is 2. The van der Waals surface area contributed by atoms with Crippen LogP contribution >= 0.6 is 23.2 Å². The molecule has 7 aromatic rings. The van der Waals surface area contributed by atoms with Crippen LogP contribution in [0.5, 0.6) is 0 Å². The Balaban J connectivity index is 1.21. The smallest absolute Gasteiger partial charge is 0.323 e. The number of hydrogen-bond acceptors (Lipinski definition) is 2. The Morgan fingerprint density at radius 1 is 0.465 bits per heavy atom. The van der Waals surface area contributed by atoms with E-state index in [1.54, 1.807) is 24.3 Å². The third-order valence-electron chi connectivity index (χ3n) is 7.32. The fourth-order valence-corrected chi connectivity index (χ4v) is 5.89. The molecule has 7 nitrogen and oxygen atoms in total. The molecule has 6 aromatic carbocycles. The van der Waals surface area contributed by atoms with Crippen LogP contribution in [0.3, 0.4) is 0 Å². The summed E-state index contributed by atoms with van der Waals surface area (Å²) < 4.78 is 0. The number of rotatable bonds is 4. The summed E-state index contributed by atoms with van der Waals surface area (Å²) in [5, 5.41) is 17.9. The zero-order valence-electron chi connectivity index (χ0n) is 22.5. The van der Waals surface area contributed by atoms with Crippen molar-refractivity contribution in [2.45, 2.75) is 0 Å². The number of anilines is 4. The Bertz CT molecular complexity index is 2060. The highest BCUT2D eigenvalue weighted by atomic mass is 35.5. The Morgan fingerprint density at radius 2 is 0.860 bits per heavy atom. The van der Waals surface area contributed by atoms with Gasteiger partial charge in [-0.05, 0) is 47.2 Å². The summed E-state index contributed by atoms with van der Waals surface area (Å²) in [5.74, 6) is 0. The van der Waals surface area contributed by atoms with Gasteiger partial charge in [0.2, 0.25) is 0 Å². The van der Waals surface area contributed by atoms with Crippen molar-refractivity contribution in [3.63, 3.8) is 0 Å². The molecular weight excluding hydrogens is 581 g/mol. The van der Waals surface area contributed by atoms with Crippen molar-refractivity contribution in [2.24, 2.45) is 0 Å². The van der Waals surface area contributed by atoms with E-state index in [0.717, 1.165) is 32.3 Å². The number of aromatic amines is 1. The first kappa shape index (κ1) is 26.6. The van der Waals surface area contributed by atoms with Crippen molar-refractivity contribution in [3.8, 4) is 0 Å². The lowest BCUT2D eigenvalue weighted by Crippen LogP contribution is -2.20. The van der Waals surface area contributed by atoms with E-state index < -0.39 is 12.1 Å². The minimum Gasteiger partial charge on any atom is -0.351 e. The summed E-state index contributed by atoms with van der Waals surface area (Å²) in [6.07, 6.45) is 0. The minimum atomic E-state index is -0.426. The van der Waals surface area contributed by atoms with E-state index >= 15 is 0 Å². The molecule has 0 fully saturated rings. The van der Waals surface area contributed by atoms with Crippen molar-refractivity contribution in [1.82, 2.24) is 4.98 Å². The van der Waals surface area contributed by atoms with Gasteiger partial charge in [-0.2, -0.15) is 0 Å². The minimum absolute atomic E-state index is 0.426. The lowest BCUT2D eigenvalue weighted by molar-refractivity contribution is 0.261. The SMILES string of the molecule is O=C(Nc1cccc2ccccc12)Nc1cc(Cl)cc2c1[nH]c1c(NC(=O)Nc3cccc4ccccc34)cc(Cl)cc12. The molecule has 0 aliphatic rings. The summed E-state index contributed by atoms with van der Waals surface area (Å²) in [5.41, 5.74) is 3.57. The quantitative estimate of drug-likeness (QED) is 0.138. The molecule has 4 amide bonds. The normalized spacial score (nSPS) is 11.2. The maximum Gasteiger partial charge on any atom is 0.323 e. The Kier molecular flexibility index (Phi) is 6.74. The number of carbonyl (C=O) groups excluding carboxylic acids is 2. The van der Waals surface area contributed by atoms with Crippen LogP contribution in [-0.4, -0.2) is 17.0 Å². The van der Waals surface area contributed by atoms with Crippen molar-refractivity contribution in [1.29, 1.82) is 0 Å². The van der Waals surface area contributed by atoms with Crippen molar-refractivity contribution in [3.05, 3.63) is 119 Å². The molecule has 7 rings (SSSR count). The van der Waals surface area contributed by atoms with Crippen LogP contribution in [0.2, 0.25) is 10.0 Å². The van der Waals surface area contributed by atoms with Gasteiger partial charge in [0.1, 0.15) is 0 Å². The highest BCUT2D eigenvalue weighted by Crippen LogP contribution is 2.38. The number of fused-ring (bicyclic) bond motifs is 5. The number of benzene rings is 6. The third-order valence-corrected chi connectivity index (χ3v) is 7.75. The fourth-order valence-electron chi connectivity index (χ4n) is 5.45. The molecule has 0 aliphatic carbocycles. The van der Waals surface area contributed by atoms with Crippen LogP contribution < -0.4 is 21.3 Å². The first-order valence-electron chi connectivity index (χ1n) is 13.5. The maximum absolute atomic E-state index is 13.2. The monoisotopic (exact) mass is 603 g/mol. The van der Waals surface area contributed by atoms with Crippen LogP contribution in [0.1, 0.15) is 0 Å². The van der Waals surface area contributed by atoms with Gasteiger partial charge in [0.05, 0.1) is 33.8 Å². The van der Waals surface area contributed by atoms with E-state index in [1.165, 1.54) is 0 Å². The molecule has 0 radical (unpaired) electrons. The van der Waals surface area contributed by atoms with Gasteiger partial charge in [-0.3, -0.25) is 0 Å². The zero-order valence-corrected chi connectivity index (χ0v) is 24.0. The summed E-state index contributed by atoms with van der Waals surface area (Å²) >= 11 is 13.0. The van der Waals surface area contributed by atoms with Gasteiger partial charge >= 0.3 is 12.1 Å². The van der Waals surface area contributed by atoms with Crippen LogP contribution in [0.25, 0.3) is 43.4 Å². The fraction of sp³-hybridized carbons (Fsp3) is 0. The Morgan fingerprint density at radius 3 is 1.33 bits per heavy atom. The average Bonchev–Trinajstić information content (AvgIpc) is 3.36. The standard InChI is InChI=1S/C34H23Cl2N5O2/c35-21-15-25-26-16-22(36)18-30(40-34(43)38-28-14-6-10-20-8-2-4-12-24(20)28)32(26)41-31(25)29(17-21)39-33(42)37-27-13-5-9-19-7-1-3-11-23(19)27/h1-18,41H,(H2,37,39,42)(H2,38,40,43). The summed E-state index contributed by atoms with van der Waals surface area (Å²) in [7, 11) is 0. The molecule has 0 saturated heterocycles. The zero-order chi connectivity index (χ0) is 29.5. The predicted octanol–water partition coefficient (Wildman–Crippen LogP) is 10.2. The van der Waals surface area contributed by atoms with E-state index in [9.17, 15) is 9.59 Å². The molecule has 9 heteroatoms. The highest BCUT2D eigenvalue weighted by molar-refractivity contribution is 6.35. The molecule has 0 unspecified atom stereocenters. The number of nitrogens with one attached hydrogen (secondary N) is 5. The van der Waals surface area contributed by atoms with E-state index in [1.807, 2.05) is 84.9 Å². The average molecular weight is 604 g/mol. The van der Waals surface area contributed by atoms with Crippen LogP contribution in [0.4, 0.5) is 32.3 Å². The molecule has 0 saturated carbocycles. The van der Waals surface area contributed by atoms with E-state index in [4.69, 9.17) is 23.2 Å². The lowest BCUT2D eigenvalue weighted by Gasteiger charge is -2.11. The second kappa shape index (κ2) is 10.9. The number of aromatic nitrogens is 1. The third kappa shape index (κ3) is 5.16. The summed E-state index contributed by atoms with van der Waals surface area (Å²) in [6.45, 7) is 0. The number of amides is 4. The second-order valence-electron chi connectivity index (χ2n) is 10.1. The molecule has 0 bridgehead atoms. The first-order valence-corrected chi connectivity index (χ1v) is 14.2. The summed E-state index contributed by atoms with van der Waals surface area (Å²) in [4.78, 5) is 29.7. The second-order valence-corrected chi connectivity index (χ2v) is 11.0. The molecule has 1 aromatic heterocycles. The van der Waals surface area contributed by atoms with Crippen LogP contribution in [-0.2, 0) is 0 Å². The van der Waals surface area contributed by atoms with Gasteiger partial charge in [0.15, 0.2) is 0 Å². The van der Waals surface area contributed by atoms with Gasteiger partial charge in [-0.25, -0.2) is 9.59 Å². The van der Waals surface area contributed by atoms with Gasteiger partial charge in [-0.15, -0.1) is 0 Å². The molecule has 210 valence electrons. The van der Waals surface area contributed by atoms with Gasteiger partial charge in [0.25, 0.3) is 0 Å². The van der Waals surface area contributed by atoms with E-state index in [0.29, 0.717) is 43.8 Å². The number of hydrogen-bond donors (Lipinski definition) is 5. The number of H-pyrrole nitrogens is 1. The molecule has 0 atom stereocenters. The molecular formula is C34H23Cl2N5O2. The largest absolute Gasteiger partial charge is 0.351 e. The number of halogens is 2. The first-order chi connectivity index (χ1) is 20.9. The van der Waals surface area contributed by atoms with Crippen LogP contribution in [0, 0.1) is 0 Å². The molecule has 5 N–H and O–H groups in total. The van der Waals surface area contributed by atoms with Crippen molar-refractivity contribution in [2.75, 3.05) is 21.3 Å². The number of carbonyl (C=O) groups is 2. The lowest BCUT2D eigenvalue weighted by atomic mass is 10.1. The molecule has 43 heavy (non-hydrogen) atoms. The Labute approximate surface area is 255 Å². The van der Waals surface area contributed by atoms with Gasteiger partial charge in [-0.1, -0.05) is 96.0 Å². The van der Waals surface area contributed by atoms with Crippen molar-refractivity contribution < 1.29 is 9.59 Å².